The summed E-state index contributed by atoms with van der Waals surface area (Å²) in [5.74, 6) is -2.50. The van der Waals surface area contributed by atoms with Gasteiger partial charge in [-0.2, -0.15) is 0 Å². The van der Waals surface area contributed by atoms with Crippen LogP contribution in [0.15, 0.2) is 24.3 Å². The summed E-state index contributed by atoms with van der Waals surface area (Å²) < 4.78 is 9.59. The fourth-order valence-corrected chi connectivity index (χ4v) is 2.29. The van der Waals surface area contributed by atoms with E-state index >= 15 is 0 Å². The van der Waals surface area contributed by atoms with Gasteiger partial charge in [-0.3, -0.25) is 19.3 Å². The molecule has 1 aromatic rings. The van der Waals surface area contributed by atoms with E-state index in [4.69, 9.17) is 4.74 Å². The van der Waals surface area contributed by atoms with Gasteiger partial charge in [0.15, 0.2) is 0 Å². The molecule has 0 aliphatic carbocycles. The molecule has 0 saturated carbocycles. The second kappa shape index (κ2) is 5.01. The molecule has 0 spiro atoms. The maximum atomic E-state index is 12.0. The summed E-state index contributed by atoms with van der Waals surface area (Å²) >= 11 is 0. The van der Waals surface area contributed by atoms with Crippen LogP contribution >= 0.6 is 0 Å². The number of hydrogen-bond acceptors (Lipinski definition) is 6. The topological polar surface area (TPSA) is 90.0 Å². The lowest BCUT2D eigenvalue weighted by Crippen LogP contribution is -2.37. The monoisotopic (exact) mass is 289 g/mol. The highest BCUT2D eigenvalue weighted by Crippen LogP contribution is 2.22. The maximum Gasteiger partial charge on any atom is 0.347 e. The molecule has 7 heteroatoms. The number of amides is 2. The molecule has 108 valence electrons. The molecule has 2 aliphatic rings. The number of carbonyl (C=O) groups is 4. The van der Waals surface area contributed by atoms with Crippen LogP contribution in [-0.2, 0) is 19.1 Å². The van der Waals surface area contributed by atoms with Crippen LogP contribution in [0.2, 0.25) is 0 Å². The van der Waals surface area contributed by atoms with Crippen molar-refractivity contribution < 1.29 is 28.7 Å². The zero-order chi connectivity index (χ0) is 15.0. The molecular weight excluding hydrogens is 278 g/mol. The van der Waals surface area contributed by atoms with Crippen molar-refractivity contribution in [2.75, 3.05) is 13.2 Å². The minimum atomic E-state index is -0.951. The fraction of sp³-hybridized carbons (Fsp3) is 0.286. The second-order valence-corrected chi connectivity index (χ2v) is 4.68. The average molecular weight is 289 g/mol. The molecule has 3 rings (SSSR count). The number of rotatable bonds is 3. The highest BCUT2D eigenvalue weighted by molar-refractivity contribution is 6.22. The minimum absolute atomic E-state index is 0.198. The number of cyclic esters (lactones) is 1. The van der Waals surface area contributed by atoms with Crippen LogP contribution in [0.1, 0.15) is 27.1 Å². The van der Waals surface area contributed by atoms with E-state index < -0.39 is 36.4 Å². The third kappa shape index (κ3) is 2.26. The van der Waals surface area contributed by atoms with Gasteiger partial charge in [-0.05, 0) is 12.1 Å². The van der Waals surface area contributed by atoms with Gasteiger partial charge in [0.25, 0.3) is 11.8 Å². The molecule has 2 heterocycles. The molecule has 1 saturated heterocycles. The minimum Gasteiger partial charge on any atom is -0.463 e. The Hall–Kier alpha value is -2.70. The van der Waals surface area contributed by atoms with Crippen LogP contribution < -0.4 is 0 Å². The molecule has 1 aromatic carbocycles. The third-order valence-corrected chi connectivity index (χ3v) is 3.33. The molecule has 2 aliphatic heterocycles. The Labute approximate surface area is 119 Å². The molecule has 0 bridgehead atoms. The first-order valence-electron chi connectivity index (χ1n) is 6.39. The third-order valence-electron chi connectivity index (χ3n) is 3.33. The number of hydrogen-bond donors (Lipinski definition) is 0. The van der Waals surface area contributed by atoms with E-state index in [2.05, 4.69) is 4.74 Å². The van der Waals surface area contributed by atoms with Crippen LogP contribution in [0, 0.1) is 0 Å². The van der Waals surface area contributed by atoms with E-state index in [-0.39, 0.29) is 24.2 Å². The van der Waals surface area contributed by atoms with Crippen LogP contribution in [0.25, 0.3) is 0 Å². The Morgan fingerprint density at radius 1 is 1.19 bits per heavy atom. The quantitative estimate of drug-likeness (QED) is 0.581. The van der Waals surface area contributed by atoms with Crippen molar-refractivity contribution in [3.8, 4) is 0 Å². The van der Waals surface area contributed by atoms with Crippen molar-refractivity contribution in [2.45, 2.75) is 12.5 Å². The first-order chi connectivity index (χ1) is 10.1. The van der Waals surface area contributed by atoms with Gasteiger partial charge in [-0.1, -0.05) is 12.1 Å². The molecule has 2 amide bonds. The molecule has 21 heavy (non-hydrogen) atoms. The Morgan fingerprint density at radius 2 is 1.81 bits per heavy atom. The molecule has 1 fully saturated rings. The van der Waals surface area contributed by atoms with Crippen molar-refractivity contribution in [1.82, 2.24) is 4.90 Å². The van der Waals surface area contributed by atoms with Crippen LogP contribution in [-0.4, -0.2) is 47.9 Å². The predicted molar refractivity (Wildman–Crippen MR) is 67.3 cm³/mol. The number of carbonyl (C=O) groups excluding carboxylic acids is 4. The standard InChI is InChI=1S/C14H11NO6/c16-11(21-10-5-6-20-14(10)19)7-15-12(17)8-3-1-2-4-9(8)13(15)18/h1-4,10H,5-7H2/t10-/m1/s1. The molecule has 0 N–H and O–H groups in total. The van der Waals surface area contributed by atoms with Crippen molar-refractivity contribution in [1.29, 1.82) is 0 Å². The highest BCUT2D eigenvalue weighted by Gasteiger charge is 2.38. The number of ether oxygens (including phenoxy) is 2. The van der Waals surface area contributed by atoms with Crippen molar-refractivity contribution in [3.63, 3.8) is 0 Å². The molecule has 0 unspecified atom stereocenters. The van der Waals surface area contributed by atoms with E-state index in [1.807, 2.05) is 0 Å². The zero-order valence-electron chi connectivity index (χ0n) is 10.9. The Morgan fingerprint density at radius 3 is 2.33 bits per heavy atom. The first kappa shape index (κ1) is 13.3. The smallest absolute Gasteiger partial charge is 0.347 e. The molecule has 0 radical (unpaired) electrons. The van der Waals surface area contributed by atoms with E-state index in [0.717, 1.165) is 4.90 Å². The first-order valence-corrected chi connectivity index (χ1v) is 6.39. The predicted octanol–water partition coefficient (Wildman–Crippen LogP) is 0.141. The van der Waals surface area contributed by atoms with Gasteiger partial charge in [0.1, 0.15) is 6.54 Å². The van der Waals surface area contributed by atoms with Gasteiger partial charge in [0.2, 0.25) is 6.10 Å². The van der Waals surface area contributed by atoms with Gasteiger partial charge in [0, 0.05) is 6.42 Å². The highest BCUT2D eigenvalue weighted by atomic mass is 16.6. The van der Waals surface area contributed by atoms with Crippen molar-refractivity contribution in [2.24, 2.45) is 0 Å². The summed E-state index contributed by atoms with van der Waals surface area (Å²) in [4.78, 5) is 47.9. The van der Waals surface area contributed by atoms with E-state index in [1.165, 1.54) is 12.1 Å². The Kier molecular flexibility index (Phi) is 3.17. The number of nitrogens with zero attached hydrogens (tertiary/aromatic N) is 1. The summed E-state index contributed by atoms with van der Waals surface area (Å²) in [6, 6.07) is 6.32. The van der Waals surface area contributed by atoms with E-state index in [9.17, 15) is 19.2 Å². The Bertz CT molecular complexity index is 618. The number of benzene rings is 1. The van der Waals surface area contributed by atoms with E-state index in [0.29, 0.717) is 0 Å². The van der Waals surface area contributed by atoms with Gasteiger partial charge < -0.3 is 9.47 Å². The number of imide groups is 1. The van der Waals surface area contributed by atoms with Gasteiger partial charge in [-0.25, -0.2) is 4.79 Å². The summed E-state index contributed by atoms with van der Waals surface area (Å²) in [6.45, 7) is -0.320. The fourth-order valence-electron chi connectivity index (χ4n) is 2.29. The van der Waals surface area contributed by atoms with E-state index in [1.54, 1.807) is 12.1 Å². The molecular formula is C14H11NO6. The van der Waals surface area contributed by atoms with Gasteiger partial charge in [-0.15, -0.1) is 0 Å². The van der Waals surface area contributed by atoms with Crippen LogP contribution in [0.4, 0.5) is 0 Å². The lowest BCUT2D eigenvalue weighted by atomic mass is 10.1. The summed E-state index contributed by atoms with van der Waals surface area (Å²) in [7, 11) is 0. The second-order valence-electron chi connectivity index (χ2n) is 4.68. The summed E-state index contributed by atoms with van der Waals surface area (Å²) in [5, 5.41) is 0. The molecule has 1 atom stereocenters. The zero-order valence-corrected chi connectivity index (χ0v) is 10.9. The lowest BCUT2D eigenvalue weighted by Gasteiger charge is -2.14. The number of esters is 2. The normalized spacial score (nSPS) is 20.5. The SMILES string of the molecule is O=C(CN1C(=O)c2ccccc2C1=O)O[C@@H]1CCOC1=O. The van der Waals surface area contributed by atoms with Gasteiger partial charge in [0.05, 0.1) is 17.7 Å². The maximum absolute atomic E-state index is 12.0. The lowest BCUT2D eigenvalue weighted by molar-refractivity contribution is -0.160. The molecule has 0 aromatic heterocycles. The largest absolute Gasteiger partial charge is 0.463 e. The van der Waals surface area contributed by atoms with Gasteiger partial charge >= 0.3 is 11.9 Å². The summed E-state index contributed by atoms with van der Waals surface area (Å²) in [5.41, 5.74) is 0.520. The number of fused-ring (bicyclic) bond motifs is 1. The van der Waals surface area contributed by atoms with Crippen LogP contribution in [0.5, 0.6) is 0 Å². The van der Waals surface area contributed by atoms with Crippen LogP contribution in [0.3, 0.4) is 0 Å². The van der Waals surface area contributed by atoms with Crippen molar-refractivity contribution in [3.05, 3.63) is 35.4 Å². The Balaban J connectivity index is 1.69. The summed E-state index contributed by atoms with van der Waals surface area (Å²) in [6.07, 6.45) is -0.667. The average Bonchev–Trinajstić information content (AvgIpc) is 2.97. The van der Waals surface area contributed by atoms with Crippen molar-refractivity contribution >= 4 is 23.8 Å². The molecule has 7 nitrogen and oxygen atoms in total.